The standard InChI is InChI=1S/C68H108N4O8/c1-9-17-21-25-29-45-49-37-51(63(75)57(61(49)73)41-69-33-13-5)46(30-26-22-18-10-2)53-39-55(67(79)59(65(53)77)43-71-35-15-7)48(32-28-24-20-12-4)56-40-54(66(78)60(68(56)80)44-72-36-16-8)47(31-27-23-19-11-3)52-38-50(45)62(74)58(64(52)76)42-70-34-14-6/h37-40,45-48,69-80H,9-36,41-44H2,1-8H3/p+4. The van der Waals surface area contributed by atoms with Gasteiger partial charge in [-0.3, -0.25) is 0 Å². The Kier molecular flexibility index (Phi) is 28.5. The maximum absolute atomic E-state index is 13.0. The highest BCUT2D eigenvalue weighted by atomic mass is 16.3. The van der Waals surface area contributed by atoms with Gasteiger partial charge in [0.25, 0.3) is 0 Å². The third-order valence-electron chi connectivity index (χ3n) is 17.5. The van der Waals surface area contributed by atoms with Gasteiger partial charge in [0.2, 0.25) is 0 Å². The van der Waals surface area contributed by atoms with E-state index in [-0.39, 0.29) is 46.0 Å². The smallest absolute Gasteiger partial charge is 0.132 e. The fraction of sp³-hybridized carbons (Fsp3) is 0.647. The fourth-order valence-corrected chi connectivity index (χ4v) is 12.8. The summed E-state index contributed by atoms with van der Waals surface area (Å²) in [5.41, 5.74) is 6.33. The first-order valence-corrected chi connectivity index (χ1v) is 32.4. The average Bonchev–Trinajstić information content (AvgIpc) is 3.46. The maximum atomic E-state index is 13.0. The number of quaternary nitrogens is 4. The minimum atomic E-state index is -0.589. The van der Waals surface area contributed by atoms with Gasteiger partial charge in [0.1, 0.15) is 72.2 Å². The van der Waals surface area contributed by atoms with E-state index in [9.17, 15) is 40.9 Å². The Morgan fingerprint density at radius 1 is 0.250 bits per heavy atom. The number of unbranched alkanes of at least 4 members (excludes halogenated alkanes) is 12. The molecule has 0 amide bonds. The molecule has 1 aliphatic rings. The highest BCUT2D eigenvalue weighted by molar-refractivity contribution is 5.67. The molecule has 0 heterocycles. The van der Waals surface area contributed by atoms with Crippen LogP contribution in [0.5, 0.6) is 46.0 Å². The molecule has 1 aliphatic carbocycles. The predicted octanol–water partition coefficient (Wildman–Crippen LogP) is 11.9. The Morgan fingerprint density at radius 2 is 0.425 bits per heavy atom. The van der Waals surface area contributed by atoms with Gasteiger partial charge in [0, 0.05) is 68.2 Å². The summed E-state index contributed by atoms with van der Waals surface area (Å²) in [6.07, 6.45) is 20.9. The van der Waals surface area contributed by atoms with Crippen molar-refractivity contribution in [2.24, 2.45) is 0 Å². The SMILES string of the molecule is CCCCCCC1c2cc(c(O)c(C[NH2+]CCC)c2O)C(CCCCCC)c2cc(c(O)c(C[NH2+]CCC)c2O)C(CCCCCC)c2cc(c(O)c(C[NH2+]CCC)c2O)C(CCCCCC)c2cc1c(O)c(C[NH2+]CCC)c2O. The van der Waals surface area contributed by atoms with E-state index < -0.39 is 23.7 Å². The van der Waals surface area contributed by atoms with Crippen LogP contribution >= 0.6 is 0 Å². The van der Waals surface area contributed by atoms with Crippen LogP contribution < -0.4 is 21.3 Å². The van der Waals surface area contributed by atoms with E-state index in [1.165, 1.54) is 0 Å². The van der Waals surface area contributed by atoms with E-state index in [0.29, 0.717) is 119 Å². The molecule has 0 radical (unpaired) electrons. The molecule has 12 heteroatoms. The highest BCUT2D eigenvalue weighted by Crippen LogP contribution is 2.55. The lowest BCUT2D eigenvalue weighted by Crippen LogP contribution is -2.82. The van der Waals surface area contributed by atoms with Gasteiger partial charge in [0.05, 0.1) is 48.4 Å². The third-order valence-corrected chi connectivity index (χ3v) is 17.5. The summed E-state index contributed by atoms with van der Waals surface area (Å²) >= 11 is 0. The molecule has 12 nitrogen and oxygen atoms in total. The van der Waals surface area contributed by atoms with Crippen LogP contribution in [0.3, 0.4) is 0 Å². The van der Waals surface area contributed by atoms with Crippen molar-refractivity contribution in [3.8, 4) is 46.0 Å². The molecule has 5 rings (SSSR count). The van der Waals surface area contributed by atoms with E-state index >= 15 is 0 Å². The molecule has 0 aliphatic heterocycles. The van der Waals surface area contributed by atoms with E-state index in [1.54, 1.807) is 0 Å². The molecule has 0 aromatic heterocycles. The molecule has 0 saturated carbocycles. The van der Waals surface area contributed by atoms with Crippen LogP contribution in [0.1, 0.15) is 300 Å². The summed E-state index contributed by atoms with van der Waals surface area (Å²) < 4.78 is 0. The van der Waals surface area contributed by atoms with Gasteiger partial charge >= 0.3 is 0 Å². The fourth-order valence-electron chi connectivity index (χ4n) is 12.8. The maximum Gasteiger partial charge on any atom is 0.132 e. The first-order valence-electron chi connectivity index (χ1n) is 32.4. The van der Waals surface area contributed by atoms with Crippen LogP contribution in [0.15, 0.2) is 24.3 Å². The summed E-state index contributed by atoms with van der Waals surface area (Å²) in [6.45, 7) is 21.5. The first-order chi connectivity index (χ1) is 38.8. The van der Waals surface area contributed by atoms with Gasteiger partial charge in [-0.15, -0.1) is 0 Å². The Hall–Kier alpha value is -4.88. The third kappa shape index (κ3) is 16.7. The van der Waals surface area contributed by atoms with Crippen molar-refractivity contribution in [2.45, 2.75) is 259 Å². The second kappa shape index (κ2) is 34.5. The summed E-state index contributed by atoms with van der Waals surface area (Å²) in [6, 6.07) is 7.84. The van der Waals surface area contributed by atoms with Crippen molar-refractivity contribution >= 4 is 0 Å². The van der Waals surface area contributed by atoms with Crippen molar-refractivity contribution in [3.05, 3.63) is 91.0 Å². The van der Waals surface area contributed by atoms with Crippen LogP contribution in [-0.2, 0) is 26.2 Å². The molecule has 448 valence electrons. The zero-order valence-electron chi connectivity index (χ0n) is 51.1. The van der Waals surface area contributed by atoms with Gasteiger partial charge in [-0.1, -0.05) is 158 Å². The molecule has 8 bridgehead atoms. The van der Waals surface area contributed by atoms with Crippen LogP contribution in [0, 0.1) is 0 Å². The second-order valence-electron chi connectivity index (χ2n) is 23.7. The summed E-state index contributed by atoms with van der Waals surface area (Å²) in [5.74, 6) is -2.46. The molecular formula is C68H112N4O8+4. The number of hydrogen-bond donors (Lipinski definition) is 12. The number of nitrogens with two attached hydrogens (primary N) is 4. The molecule has 80 heavy (non-hydrogen) atoms. The van der Waals surface area contributed by atoms with Crippen molar-refractivity contribution in [1.82, 2.24) is 0 Å². The number of phenolic OH excluding ortho intramolecular Hbond substituents is 8. The van der Waals surface area contributed by atoms with E-state index in [0.717, 1.165) is 155 Å². The van der Waals surface area contributed by atoms with Crippen molar-refractivity contribution in [3.63, 3.8) is 0 Å². The Balaban J connectivity index is 2.15. The molecule has 4 aromatic carbocycles. The molecule has 0 unspecified atom stereocenters. The molecule has 4 aromatic rings. The molecule has 16 N–H and O–H groups in total. The quantitative estimate of drug-likeness (QED) is 0.0196. The minimum Gasteiger partial charge on any atom is -0.507 e. The minimum absolute atomic E-state index is 0.0133. The monoisotopic (exact) mass is 1110 g/mol. The lowest BCUT2D eigenvalue weighted by atomic mass is 9.74. The Morgan fingerprint density at radius 3 is 0.575 bits per heavy atom. The summed E-state index contributed by atoms with van der Waals surface area (Å²) in [5, 5.41) is 113. The summed E-state index contributed by atoms with van der Waals surface area (Å²) in [4.78, 5) is 0. The van der Waals surface area contributed by atoms with Crippen LogP contribution in [-0.4, -0.2) is 67.0 Å². The Bertz CT molecular complexity index is 2060. The van der Waals surface area contributed by atoms with E-state index in [1.807, 2.05) is 24.3 Å². The van der Waals surface area contributed by atoms with Crippen LogP contribution in [0.2, 0.25) is 0 Å². The molecule has 0 fully saturated rings. The molecule has 0 saturated heterocycles. The molecule has 0 spiro atoms. The molecule has 0 atom stereocenters. The zero-order valence-corrected chi connectivity index (χ0v) is 51.1. The van der Waals surface area contributed by atoms with Crippen molar-refractivity contribution in [2.75, 3.05) is 26.2 Å². The summed E-state index contributed by atoms with van der Waals surface area (Å²) in [7, 11) is 0. The zero-order chi connectivity index (χ0) is 58.1. The first kappa shape index (κ1) is 65.9. The lowest BCUT2D eigenvalue weighted by Gasteiger charge is -2.31. The van der Waals surface area contributed by atoms with E-state index in [4.69, 9.17) is 0 Å². The van der Waals surface area contributed by atoms with Crippen molar-refractivity contribution < 1.29 is 62.1 Å². The number of rotatable bonds is 36. The van der Waals surface area contributed by atoms with Gasteiger partial charge in [-0.2, -0.15) is 0 Å². The van der Waals surface area contributed by atoms with Crippen LogP contribution in [0.4, 0.5) is 0 Å². The largest absolute Gasteiger partial charge is 0.507 e. The van der Waals surface area contributed by atoms with Gasteiger partial charge in [-0.25, -0.2) is 0 Å². The predicted molar refractivity (Wildman–Crippen MR) is 325 cm³/mol. The van der Waals surface area contributed by atoms with Gasteiger partial charge < -0.3 is 62.1 Å². The lowest BCUT2D eigenvalue weighted by molar-refractivity contribution is -0.670. The van der Waals surface area contributed by atoms with Crippen molar-refractivity contribution in [1.29, 1.82) is 0 Å². The number of benzene rings is 4. The number of fused-ring (bicyclic) bond motifs is 8. The highest BCUT2D eigenvalue weighted by Gasteiger charge is 2.38. The second-order valence-corrected chi connectivity index (χ2v) is 23.7. The number of aromatic hydroxyl groups is 8. The number of hydrogen-bond acceptors (Lipinski definition) is 8. The van der Waals surface area contributed by atoms with Crippen LogP contribution in [0.25, 0.3) is 0 Å². The topological polar surface area (TPSA) is 228 Å². The average molecular weight is 1110 g/mol. The van der Waals surface area contributed by atoms with Gasteiger partial charge in [0.15, 0.2) is 0 Å². The normalized spacial score (nSPS) is 16.2. The number of phenols is 8. The van der Waals surface area contributed by atoms with Gasteiger partial charge in [-0.05, 0) is 75.6 Å². The molecular weight excluding hydrogens is 1000 g/mol. The van der Waals surface area contributed by atoms with E-state index in [2.05, 4.69) is 76.7 Å². The Labute approximate surface area is 482 Å².